The predicted octanol–water partition coefficient (Wildman–Crippen LogP) is 2.77. The second kappa shape index (κ2) is 9.09. The summed E-state index contributed by atoms with van der Waals surface area (Å²) in [5.41, 5.74) is 1.60. The van der Waals surface area contributed by atoms with Gasteiger partial charge in [0.25, 0.3) is 0 Å². The number of hydrogen-bond donors (Lipinski definition) is 1. The Morgan fingerprint density at radius 3 is 3.00 bits per heavy atom. The molecule has 2 heterocycles. The number of thiazole rings is 1. The Balaban J connectivity index is 1.48. The molecule has 2 aromatic rings. The Kier molecular flexibility index (Phi) is 6.57. The average molecular weight is 409 g/mol. The van der Waals surface area contributed by atoms with E-state index in [1.54, 1.807) is 6.92 Å². The van der Waals surface area contributed by atoms with E-state index in [-0.39, 0.29) is 30.3 Å². The van der Waals surface area contributed by atoms with Crippen molar-refractivity contribution in [3.8, 4) is 11.5 Å². The topological polar surface area (TPSA) is 86.8 Å². The van der Waals surface area contributed by atoms with Gasteiger partial charge < -0.3 is 19.5 Å². The van der Waals surface area contributed by atoms with E-state index < -0.39 is 0 Å². The summed E-state index contributed by atoms with van der Waals surface area (Å²) in [6.45, 7) is 4.58. The van der Waals surface area contributed by atoms with Crippen LogP contribution in [0.2, 0.25) is 0 Å². The number of rotatable bonds is 8. The summed E-state index contributed by atoms with van der Waals surface area (Å²) in [7, 11) is 0. The van der Waals surface area contributed by atoms with Crippen LogP contribution in [0.3, 0.4) is 0 Å². The van der Waals surface area contributed by atoms with Gasteiger partial charge in [-0.1, -0.05) is 17.8 Å². The zero-order valence-corrected chi connectivity index (χ0v) is 16.7. The van der Waals surface area contributed by atoms with Crippen LogP contribution in [0.1, 0.15) is 25.1 Å². The van der Waals surface area contributed by atoms with Gasteiger partial charge in [-0.25, -0.2) is 4.98 Å². The lowest BCUT2D eigenvalue weighted by atomic mass is 10.2. The van der Waals surface area contributed by atoms with E-state index in [1.807, 2.05) is 30.5 Å². The summed E-state index contributed by atoms with van der Waals surface area (Å²) in [5, 5.41) is 4.42. The van der Waals surface area contributed by atoms with Crippen LogP contribution in [-0.2, 0) is 27.3 Å². The number of thioether (sulfide) groups is 1. The molecule has 1 aromatic carbocycles. The Hall–Kier alpha value is -2.26. The minimum absolute atomic E-state index is 0.0835. The fourth-order valence-corrected chi connectivity index (χ4v) is 4.38. The summed E-state index contributed by atoms with van der Waals surface area (Å²) in [5.74, 6) is 1.03. The van der Waals surface area contributed by atoms with Gasteiger partial charge in [0.1, 0.15) is 0 Å². The Morgan fingerprint density at radius 1 is 1.37 bits per heavy atom. The quantitative estimate of drug-likeness (QED) is 0.531. The molecule has 0 bridgehead atoms. The normalized spacial score (nSPS) is 13.3. The van der Waals surface area contributed by atoms with E-state index in [4.69, 9.17) is 14.2 Å². The number of esters is 1. The van der Waals surface area contributed by atoms with Gasteiger partial charge in [-0.2, -0.15) is 0 Å². The van der Waals surface area contributed by atoms with Crippen LogP contribution in [0.15, 0.2) is 27.9 Å². The number of amides is 1. The summed E-state index contributed by atoms with van der Waals surface area (Å²) in [6.07, 6.45) is 0.148. The van der Waals surface area contributed by atoms with Gasteiger partial charge in [0.05, 0.1) is 24.0 Å². The molecule has 1 atom stereocenters. The van der Waals surface area contributed by atoms with Crippen LogP contribution in [0, 0.1) is 0 Å². The molecule has 0 fully saturated rings. The lowest BCUT2D eigenvalue weighted by Crippen LogP contribution is -2.30. The number of hydrogen-bond acceptors (Lipinski definition) is 8. The Morgan fingerprint density at radius 2 is 2.19 bits per heavy atom. The van der Waals surface area contributed by atoms with Crippen LogP contribution >= 0.6 is 23.1 Å². The van der Waals surface area contributed by atoms with E-state index in [0.717, 1.165) is 15.7 Å². The van der Waals surface area contributed by atoms with E-state index in [9.17, 15) is 9.59 Å². The average Bonchev–Trinajstić information content (AvgIpc) is 3.28. The first-order valence-electron chi connectivity index (χ1n) is 8.48. The molecule has 0 saturated carbocycles. The molecule has 27 heavy (non-hydrogen) atoms. The third-order valence-electron chi connectivity index (χ3n) is 3.71. The van der Waals surface area contributed by atoms with Crippen molar-refractivity contribution in [1.29, 1.82) is 0 Å². The van der Waals surface area contributed by atoms with E-state index in [2.05, 4.69) is 10.3 Å². The number of benzene rings is 1. The zero-order chi connectivity index (χ0) is 19.2. The molecule has 0 radical (unpaired) electrons. The van der Waals surface area contributed by atoms with Crippen molar-refractivity contribution in [3.05, 3.63) is 34.8 Å². The highest BCUT2D eigenvalue weighted by Crippen LogP contribution is 2.32. The molecule has 0 unspecified atom stereocenters. The van der Waals surface area contributed by atoms with Crippen LogP contribution in [0.25, 0.3) is 0 Å². The molecule has 0 spiro atoms. The molecule has 7 nitrogen and oxygen atoms in total. The van der Waals surface area contributed by atoms with Crippen molar-refractivity contribution in [3.63, 3.8) is 0 Å². The molecule has 0 saturated heterocycles. The maximum Gasteiger partial charge on any atom is 0.311 e. The van der Waals surface area contributed by atoms with Gasteiger partial charge in [0, 0.05) is 11.9 Å². The second-order valence-corrected chi connectivity index (χ2v) is 8.20. The molecule has 144 valence electrons. The van der Waals surface area contributed by atoms with Gasteiger partial charge >= 0.3 is 5.97 Å². The number of carbonyl (C=O) groups is 2. The maximum atomic E-state index is 12.3. The molecular formula is C18H20N2O5S2. The van der Waals surface area contributed by atoms with Gasteiger partial charge in [-0.3, -0.25) is 9.59 Å². The highest BCUT2D eigenvalue weighted by molar-refractivity contribution is 8.02. The number of nitrogens with one attached hydrogen (secondary N) is 1. The first kappa shape index (κ1) is 19.5. The fourth-order valence-electron chi connectivity index (χ4n) is 2.37. The van der Waals surface area contributed by atoms with Crippen molar-refractivity contribution < 1.29 is 23.8 Å². The van der Waals surface area contributed by atoms with Crippen molar-refractivity contribution in [1.82, 2.24) is 10.3 Å². The lowest BCUT2D eigenvalue weighted by molar-refractivity contribution is -0.142. The van der Waals surface area contributed by atoms with Gasteiger partial charge in [0.2, 0.25) is 12.7 Å². The first-order valence-corrected chi connectivity index (χ1v) is 10.2. The minimum Gasteiger partial charge on any atom is -0.466 e. The summed E-state index contributed by atoms with van der Waals surface area (Å²) in [4.78, 5) is 28.2. The third kappa shape index (κ3) is 5.36. The third-order valence-corrected chi connectivity index (χ3v) is 5.83. The van der Waals surface area contributed by atoms with Crippen molar-refractivity contribution >= 4 is 35.0 Å². The molecule has 1 aliphatic heterocycles. The smallest absolute Gasteiger partial charge is 0.311 e. The molecule has 1 aromatic heterocycles. The number of fused-ring (bicyclic) bond motifs is 1. The SMILES string of the molecule is CCOC(=O)Cc1csc(S[C@@H](C)C(=O)NCc2ccc3c(c2)OCO3)n1. The van der Waals surface area contributed by atoms with Crippen molar-refractivity contribution in [2.75, 3.05) is 13.4 Å². The molecule has 9 heteroatoms. The summed E-state index contributed by atoms with van der Waals surface area (Å²) in [6, 6.07) is 5.60. The van der Waals surface area contributed by atoms with Crippen LogP contribution in [0.5, 0.6) is 11.5 Å². The standard InChI is InChI=1S/C18H20N2O5S2/c1-3-23-16(21)7-13-9-26-18(20-13)27-11(2)17(22)19-8-12-4-5-14-15(6-12)25-10-24-14/h4-6,9,11H,3,7-8,10H2,1-2H3,(H,19,22)/t11-/m0/s1. The highest BCUT2D eigenvalue weighted by atomic mass is 32.2. The summed E-state index contributed by atoms with van der Waals surface area (Å²) >= 11 is 2.78. The minimum atomic E-state index is -0.305. The fraction of sp³-hybridized carbons (Fsp3) is 0.389. The van der Waals surface area contributed by atoms with Crippen molar-refractivity contribution in [2.45, 2.75) is 36.4 Å². The Labute approximate surface area is 165 Å². The maximum absolute atomic E-state index is 12.3. The predicted molar refractivity (Wildman–Crippen MR) is 102 cm³/mol. The highest BCUT2D eigenvalue weighted by Gasteiger charge is 2.18. The largest absolute Gasteiger partial charge is 0.466 e. The molecule has 1 aliphatic rings. The van der Waals surface area contributed by atoms with E-state index in [1.165, 1.54) is 23.1 Å². The van der Waals surface area contributed by atoms with Crippen LogP contribution < -0.4 is 14.8 Å². The van der Waals surface area contributed by atoms with Gasteiger partial charge in [-0.15, -0.1) is 11.3 Å². The number of ether oxygens (including phenoxy) is 3. The number of nitrogens with zero attached hydrogens (tertiary/aromatic N) is 1. The zero-order valence-electron chi connectivity index (χ0n) is 15.0. The monoisotopic (exact) mass is 408 g/mol. The molecular weight excluding hydrogens is 388 g/mol. The summed E-state index contributed by atoms with van der Waals surface area (Å²) < 4.78 is 16.3. The number of aromatic nitrogens is 1. The molecule has 0 aliphatic carbocycles. The van der Waals surface area contributed by atoms with Gasteiger partial charge in [0.15, 0.2) is 15.8 Å². The van der Waals surface area contributed by atoms with Crippen molar-refractivity contribution in [2.24, 2.45) is 0 Å². The van der Waals surface area contributed by atoms with Crippen LogP contribution in [0.4, 0.5) is 0 Å². The number of carbonyl (C=O) groups excluding carboxylic acids is 2. The molecule has 1 N–H and O–H groups in total. The molecule has 1 amide bonds. The van der Waals surface area contributed by atoms with Gasteiger partial charge in [-0.05, 0) is 31.5 Å². The lowest BCUT2D eigenvalue weighted by Gasteiger charge is -2.11. The van der Waals surface area contributed by atoms with E-state index >= 15 is 0 Å². The van der Waals surface area contributed by atoms with Crippen LogP contribution in [-0.4, -0.2) is 35.5 Å². The Bertz CT molecular complexity index is 824. The molecule has 3 rings (SSSR count). The van der Waals surface area contributed by atoms with E-state index in [0.29, 0.717) is 24.6 Å². The second-order valence-electron chi connectivity index (χ2n) is 5.75. The first-order chi connectivity index (χ1) is 13.0.